The molecule has 3 nitrogen and oxygen atoms in total. The van der Waals surface area contributed by atoms with Gasteiger partial charge in [0.25, 0.3) is 5.91 Å². The SMILES string of the molecule is CC1(c2cccc(Br)c2)COC2(CC2)C(=O)N1. The van der Waals surface area contributed by atoms with Crippen molar-refractivity contribution < 1.29 is 9.53 Å². The zero-order valence-electron chi connectivity index (χ0n) is 9.63. The monoisotopic (exact) mass is 295 g/mol. The van der Waals surface area contributed by atoms with Crippen molar-refractivity contribution in [3.8, 4) is 0 Å². The number of amides is 1. The van der Waals surface area contributed by atoms with E-state index in [2.05, 4.69) is 21.2 Å². The van der Waals surface area contributed by atoms with Crippen LogP contribution in [0, 0.1) is 0 Å². The number of benzene rings is 1. The van der Waals surface area contributed by atoms with Crippen molar-refractivity contribution in [3.63, 3.8) is 0 Å². The van der Waals surface area contributed by atoms with Crippen molar-refractivity contribution in [3.05, 3.63) is 34.3 Å². The van der Waals surface area contributed by atoms with Crippen LogP contribution in [0.4, 0.5) is 0 Å². The summed E-state index contributed by atoms with van der Waals surface area (Å²) in [6, 6.07) is 7.98. The fourth-order valence-electron chi connectivity index (χ4n) is 2.22. The van der Waals surface area contributed by atoms with Crippen LogP contribution in [0.3, 0.4) is 0 Å². The third-order valence-electron chi connectivity index (χ3n) is 3.61. The van der Waals surface area contributed by atoms with Gasteiger partial charge in [-0.25, -0.2) is 0 Å². The summed E-state index contributed by atoms with van der Waals surface area (Å²) in [4.78, 5) is 12.0. The molecule has 0 radical (unpaired) electrons. The van der Waals surface area contributed by atoms with E-state index in [4.69, 9.17) is 4.74 Å². The van der Waals surface area contributed by atoms with Crippen LogP contribution in [0.5, 0.6) is 0 Å². The molecule has 1 unspecified atom stereocenters. The molecule has 17 heavy (non-hydrogen) atoms. The number of hydrogen-bond acceptors (Lipinski definition) is 2. The lowest BCUT2D eigenvalue weighted by Crippen LogP contribution is -2.57. The zero-order chi connectivity index (χ0) is 12.1. The van der Waals surface area contributed by atoms with Gasteiger partial charge in [-0.2, -0.15) is 0 Å². The van der Waals surface area contributed by atoms with Crippen LogP contribution in [0.15, 0.2) is 28.7 Å². The second kappa shape index (κ2) is 3.56. The summed E-state index contributed by atoms with van der Waals surface area (Å²) in [5, 5.41) is 3.10. The lowest BCUT2D eigenvalue weighted by molar-refractivity contribution is -0.149. The Balaban J connectivity index is 1.89. The minimum atomic E-state index is -0.495. The van der Waals surface area contributed by atoms with E-state index in [0.717, 1.165) is 22.9 Å². The first-order valence-corrected chi connectivity index (χ1v) is 6.56. The maximum atomic E-state index is 12.0. The minimum absolute atomic E-state index is 0.0335. The number of hydrogen-bond donors (Lipinski definition) is 1. The molecule has 1 aromatic carbocycles. The quantitative estimate of drug-likeness (QED) is 0.864. The highest BCUT2D eigenvalue weighted by atomic mass is 79.9. The van der Waals surface area contributed by atoms with Crippen molar-refractivity contribution in [1.29, 1.82) is 0 Å². The number of carbonyl (C=O) groups excluding carboxylic acids is 1. The molecule has 2 fully saturated rings. The van der Waals surface area contributed by atoms with Crippen LogP contribution in [0.25, 0.3) is 0 Å². The van der Waals surface area contributed by atoms with Gasteiger partial charge in [-0.15, -0.1) is 0 Å². The maximum Gasteiger partial charge on any atom is 0.253 e. The van der Waals surface area contributed by atoms with Gasteiger partial charge in [0.15, 0.2) is 0 Å². The summed E-state index contributed by atoms with van der Waals surface area (Å²) in [6.07, 6.45) is 1.71. The molecule has 1 aromatic rings. The van der Waals surface area contributed by atoms with E-state index < -0.39 is 11.1 Å². The average molecular weight is 296 g/mol. The topological polar surface area (TPSA) is 38.3 Å². The Morgan fingerprint density at radius 3 is 2.76 bits per heavy atom. The first kappa shape index (κ1) is 11.2. The largest absolute Gasteiger partial charge is 0.362 e. The van der Waals surface area contributed by atoms with Crippen LogP contribution in [-0.2, 0) is 15.1 Å². The third kappa shape index (κ3) is 1.79. The molecule has 1 spiro atoms. The second-order valence-electron chi connectivity index (χ2n) is 5.08. The zero-order valence-corrected chi connectivity index (χ0v) is 11.2. The summed E-state index contributed by atoms with van der Waals surface area (Å²) in [7, 11) is 0. The first-order valence-electron chi connectivity index (χ1n) is 5.77. The Morgan fingerprint density at radius 2 is 2.18 bits per heavy atom. The lowest BCUT2D eigenvalue weighted by atomic mass is 9.91. The Bertz CT molecular complexity index is 484. The maximum absolute atomic E-state index is 12.0. The second-order valence-corrected chi connectivity index (χ2v) is 6.00. The van der Waals surface area contributed by atoms with Crippen LogP contribution in [0.2, 0.25) is 0 Å². The number of halogens is 1. The fourth-order valence-corrected chi connectivity index (χ4v) is 2.62. The van der Waals surface area contributed by atoms with Gasteiger partial charge in [0, 0.05) is 4.47 Å². The van der Waals surface area contributed by atoms with Crippen molar-refractivity contribution in [2.24, 2.45) is 0 Å². The fraction of sp³-hybridized carbons (Fsp3) is 0.462. The summed E-state index contributed by atoms with van der Waals surface area (Å²) in [5.41, 5.74) is 0.149. The molecular formula is C13H14BrNO2. The van der Waals surface area contributed by atoms with E-state index in [1.807, 2.05) is 31.2 Å². The summed E-state index contributed by atoms with van der Waals surface area (Å²) in [5.74, 6) is 0.0335. The highest BCUT2D eigenvalue weighted by molar-refractivity contribution is 9.10. The normalized spacial score (nSPS) is 30.1. The molecule has 2 aliphatic rings. The molecule has 0 bridgehead atoms. The molecule has 1 amide bonds. The van der Waals surface area contributed by atoms with Gasteiger partial charge in [-0.3, -0.25) is 4.79 Å². The van der Waals surface area contributed by atoms with E-state index in [1.165, 1.54) is 0 Å². The van der Waals surface area contributed by atoms with Gasteiger partial charge >= 0.3 is 0 Å². The van der Waals surface area contributed by atoms with Gasteiger partial charge in [-0.1, -0.05) is 28.1 Å². The number of rotatable bonds is 1. The molecule has 1 heterocycles. The van der Waals surface area contributed by atoms with Gasteiger partial charge < -0.3 is 10.1 Å². The van der Waals surface area contributed by atoms with Gasteiger partial charge in [0.05, 0.1) is 12.1 Å². The van der Waals surface area contributed by atoms with Crippen LogP contribution in [-0.4, -0.2) is 18.1 Å². The van der Waals surface area contributed by atoms with E-state index in [0.29, 0.717) is 6.61 Å². The van der Waals surface area contributed by atoms with Gasteiger partial charge in [-0.05, 0) is 37.5 Å². The lowest BCUT2D eigenvalue weighted by Gasteiger charge is -2.38. The highest BCUT2D eigenvalue weighted by Gasteiger charge is 2.56. The summed E-state index contributed by atoms with van der Waals surface area (Å²) in [6.45, 7) is 2.54. The Labute approximate surface area is 109 Å². The van der Waals surface area contributed by atoms with Gasteiger partial charge in [0.2, 0.25) is 0 Å². The average Bonchev–Trinajstić information content (AvgIpc) is 3.06. The van der Waals surface area contributed by atoms with Crippen molar-refractivity contribution in [1.82, 2.24) is 5.32 Å². The molecule has 1 N–H and O–H groups in total. The molecule has 90 valence electrons. The Hall–Kier alpha value is -0.870. The molecule has 1 saturated heterocycles. The molecule has 1 saturated carbocycles. The third-order valence-corrected chi connectivity index (χ3v) is 4.10. The molecule has 4 heteroatoms. The number of carbonyl (C=O) groups is 1. The molecule has 1 atom stereocenters. The molecule has 3 rings (SSSR count). The summed E-state index contributed by atoms with van der Waals surface area (Å²) < 4.78 is 6.78. The number of nitrogens with one attached hydrogen (secondary N) is 1. The predicted octanol–water partition coefficient (Wildman–Crippen LogP) is 2.34. The Kier molecular flexibility index (Phi) is 2.35. The van der Waals surface area contributed by atoms with E-state index in [9.17, 15) is 4.79 Å². The highest BCUT2D eigenvalue weighted by Crippen LogP contribution is 2.44. The van der Waals surface area contributed by atoms with E-state index in [1.54, 1.807) is 0 Å². The van der Waals surface area contributed by atoms with Crippen molar-refractivity contribution >= 4 is 21.8 Å². The summed E-state index contributed by atoms with van der Waals surface area (Å²) >= 11 is 3.45. The van der Waals surface area contributed by atoms with Crippen molar-refractivity contribution in [2.45, 2.75) is 30.9 Å². The standard InChI is InChI=1S/C13H14BrNO2/c1-12(9-3-2-4-10(14)7-9)8-17-13(5-6-13)11(16)15-12/h2-4,7H,5-6,8H2,1H3,(H,15,16). The smallest absolute Gasteiger partial charge is 0.253 e. The minimum Gasteiger partial charge on any atom is -0.362 e. The van der Waals surface area contributed by atoms with Crippen LogP contribution in [0.1, 0.15) is 25.3 Å². The molecule has 0 aromatic heterocycles. The van der Waals surface area contributed by atoms with E-state index >= 15 is 0 Å². The van der Waals surface area contributed by atoms with Crippen molar-refractivity contribution in [2.75, 3.05) is 6.61 Å². The molecular weight excluding hydrogens is 282 g/mol. The number of morpholine rings is 1. The van der Waals surface area contributed by atoms with Crippen LogP contribution >= 0.6 is 15.9 Å². The number of ether oxygens (including phenoxy) is 1. The first-order chi connectivity index (χ1) is 8.04. The van der Waals surface area contributed by atoms with Crippen LogP contribution < -0.4 is 5.32 Å². The predicted molar refractivity (Wildman–Crippen MR) is 67.6 cm³/mol. The van der Waals surface area contributed by atoms with E-state index in [-0.39, 0.29) is 5.91 Å². The Morgan fingerprint density at radius 1 is 1.41 bits per heavy atom. The van der Waals surface area contributed by atoms with Gasteiger partial charge in [0.1, 0.15) is 5.60 Å². The molecule has 1 aliphatic carbocycles. The molecule has 1 aliphatic heterocycles.